The summed E-state index contributed by atoms with van der Waals surface area (Å²) in [6, 6.07) is 11.0. The summed E-state index contributed by atoms with van der Waals surface area (Å²) in [7, 11) is 0. The number of anilines is 1. The largest absolute Gasteiger partial charge is 0.462 e. The van der Waals surface area contributed by atoms with E-state index in [-0.39, 0.29) is 22.9 Å². The molecule has 0 atom stereocenters. The highest BCUT2D eigenvalue weighted by Gasteiger charge is 2.36. The zero-order valence-corrected chi connectivity index (χ0v) is 13.7. The summed E-state index contributed by atoms with van der Waals surface area (Å²) in [5, 5.41) is 0.205. The van der Waals surface area contributed by atoms with Crippen LogP contribution in [0.15, 0.2) is 42.5 Å². The van der Waals surface area contributed by atoms with E-state index in [4.69, 9.17) is 16.3 Å². The lowest BCUT2D eigenvalue weighted by molar-refractivity contribution is 0.0504. The molecule has 122 valence electrons. The van der Waals surface area contributed by atoms with Gasteiger partial charge in [0.25, 0.3) is 11.8 Å². The number of amides is 2. The van der Waals surface area contributed by atoms with Gasteiger partial charge in [-0.05, 0) is 36.8 Å². The zero-order chi connectivity index (χ0) is 17.3. The molecule has 0 unspecified atom stereocenters. The topological polar surface area (TPSA) is 63.7 Å². The van der Waals surface area contributed by atoms with Gasteiger partial charge in [-0.1, -0.05) is 30.7 Å². The Bertz CT molecular complexity index is 812. The summed E-state index contributed by atoms with van der Waals surface area (Å²) >= 11 is 6.05. The Morgan fingerprint density at radius 2 is 1.71 bits per heavy atom. The molecule has 0 saturated carbocycles. The van der Waals surface area contributed by atoms with Crippen molar-refractivity contribution in [3.63, 3.8) is 0 Å². The molecule has 2 aromatic rings. The first-order valence-electron chi connectivity index (χ1n) is 7.49. The van der Waals surface area contributed by atoms with Crippen LogP contribution in [0.25, 0.3) is 0 Å². The molecule has 0 aromatic heterocycles. The van der Waals surface area contributed by atoms with Crippen molar-refractivity contribution in [3.8, 4) is 0 Å². The molecule has 24 heavy (non-hydrogen) atoms. The number of rotatable bonds is 4. The van der Waals surface area contributed by atoms with Crippen molar-refractivity contribution in [2.75, 3.05) is 11.5 Å². The molecule has 0 bridgehead atoms. The Kier molecular flexibility index (Phi) is 4.36. The molecular formula is C18H14ClNO4. The van der Waals surface area contributed by atoms with Gasteiger partial charge in [0.2, 0.25) is 0 Å². The van der Waals surface area contributed by atoms with Crippen molar-refractivity contribution in [2.24, 2.45) is 0 Å². The van der Waals surface area contributed by atoms with E-state index in [9.17, 15) is 14.4 Å². The highest BCUT2D eigenvalue weighted by Crippen LogP contribution is 2.31. The summed E-state index contributed by atoms with van der Waals surface area (Å²) in [6.07, 6.45) is 0.682. The van der Waals surface area contributed by atoms with Gasteiger partial charge in [0.15, 0.2) is 0 Å². The molecule has 0 fully saturated rings. The second kappa shape index (κ2) is 6.45. The van der Waals surface area contributed by atoms with Gasteiger partial charge in [0.05, 0.1) is 34.0 Å². The molecule has 0 N–H and O–H groups in total. The molecule has 0 spiro atoms. The van der Waals surface area contributed by atoms with Crippen molar-refractivity contribution in [3.05, 3.63) is 64.2 Å². The second-order valence-corrected chi connectivity index (χ2v) is 5.70. The molecule has 3 rings (SSSR count). The fraction of sp³-hybridized carbons (Fsp3) is 0.167. The molecule has 2 amide bonds. The SMILES string of the molecule is CCCOC(=O)c1cc(N2C(=O)c3ccccc3C2=O)ccc1Cl. The number of ether oxygens (including phenoxy) is 1. The fourth-order valence-corrected chi connectivity index (χ4v) is 2.70. The summed E-state index contributed by atoms with van der Waals surface area (Å²) < 4.78 is 5.08. The fourth-order valence-electron chi connectivity index (χ4n) is 2.51. The highest BCUT2D eigenvalue weighted by atomic mass is 35.5. The van der Waals surface area contributed by atoms with Crippen LogP contribution in [-0.4, -0.2) is 24.4 Å². The van der Waals surface area contributed by atoms with Crippen LogP contribution in [0.5, 0.6) is 0 Å². The van der Waals surface area contributed by atoms with E-state index >= 15 is 0 Å². The van der Waals surface area contributed by atoms with Crippen molar-refractivity contribution in [2.45, 2.75) is 13.3 Å². The van der Waals surface area contributed by atoms with Crippen LogP contribution in [0.3, 0.4) is 0 Å². The Hall–Kier alpha value is -2.66. The maximum Gasteiger partial charge on any atom is 0.339 e. The zero-order valence-electron chi connectivity index (χ0n) is 12.9. The number of carbonyl (C=O) groups is 3. The van der Waals surface area contributed by atoms with Crippen LogP contribution in [-0.2, 0) is 4.74 Å². The lowest BCUT2D eigenvalue weighted by Crippen LogP contribution is -2.29. The molecule has 1 aliphatic heterocycles. The highest BCUT2D eigenvalue weighted by molar-refractivity contribution is 6.36. The standard InChI is InChI=1S/C18H14ClNO4/c1-2-9-24-18(23)14-10-11(7-8-15(14)19)20-16(21)12-5-3-4-6-13(12)17(20)22/h3-8,10H,2,9H2,1H3. The van der Waals surface area contributed by atoms with E-state index in [0.29, 0.717) is 17.5 Å². The number of imide groups is 1. The maximum absolute atomic E-state index is 12.5. The van der Waals surface area contributed by atoms with Crippen molar-refractivity contribution in [1.82, 2.24) is 0 Å². The Morgan fingerprint density at radius 1 is 1.08 bits per heavy atom. The van der Waals surface area contributed by atoms with Crippen molar-refractivity contribution >= 4 is 35.1 Å². The lowest BCUT2D eigenvalue weighted by atomic mass is 10.1. The first kappa shape index (κ1) is 16.2. The Morgan fingerprint density at radius 3 is 2.29 bits per heavy atom. The molecule has 5 nitrogen and oxygen atoms in total. The van der Waals surface area contributed by atoms with E-state index in [1.54, 1.807) is 24.3 Å². The van der Waals surface area contributed by atoms with Crippen LogP contribution >= 0.6 is 11.6 Å². The van der Waals surface area contributed by atoms with Gasteiger partial charge in [0, 0.05) is 0 Å². The smallest absolute Gasteiger partial charge is 0.339 e. The number of hydrogen-bond donors (Lipinski definition) is 0. The number of hydrogen-bond acceptors (Lipinski definition) is 4. The summed E-state index contributed by atoms with van der Waals surface area (Å²) in [4.78, 5) is 38.1. The quantitative estimate of drug-likeness (QED) is 0.627. The molecule has 0 radical (unpaired) electrons. The van der Waals surface area contributed by atoms with Crippen LogP contribution in [0.1, 0.15) is 44.4 Å². The first-order chi connectivity index (χ1) is 11.5. The molecule has 2 aromatic carbocycles. The third kappa shape index (κ3) is 2.67. The van der Waals surface area contributed by atoms with Gasteiger partial charge in [-0.15, -0.1) is 0 Å². The minimum absolute atomic E-state index is 0.124. The van der Waals surface area contributed by atoms with Crippen LogP contribution in [0, 0.1) is 0 Å². The predicted molar refractivity (Wildman–Crippen MR) is 89.6 cm³/mol. The number of esters is 1. The minimum atomic E-state index is -0.583. The third-order valence-corrected chi connectivity index (χ3v) is 3.99. The molecule has 6 heteroatoms. The minimum Gasteiger partial charge on any atom is -0.462 e. The van der Waals surface area contributed by atoms with Gasteiger partial charge < -0.3 is 4.74 Å². The van der Waals surface area contributed by atoms with E-state index in [1.165, 1.54) is 18.2 Å². The van der Waals surface area contributed by atoms with Gasteiger partial charge in [-0.2, -0.15) is 0 Å². The lowest BCUT2D eigenvalue weighted by Gasteiger charge is -2.15. The van der Waals surface area contributed by atoms with Crippen molar-refractivity contribution < 1.29 is 19.1 Å². The van der Waals surface area contributed by atoms with E-state index in [2.05, 4.69) is 0 Å². The number of fused-ring (bicyclic) bond motifs is 1. The predicted octanol–water partition coefficient (Wildman–Crippen LogP) is 3.71. The number of carbonyl (C=O) groups excluding carboxylic acids is 3. The van der Waals surface area contributed by atoms with Gasteiger partial charge in [0.1, 0.15) is 0 Å². The van der Waals surface area contributed by atoms with E-state index in [1.807, 2.05) is 6.92 Å². The molecule has 1 aliphatic rings. The average Bonchev–Trinajstić information content (AvgIpc) is 2.85. The van der Waals surface area contributed by atoms with Crippen molar-refractivity contribution in [1.29, 1.82) is 0 Å². The van der Waals surface area contributed by atoms with Crippen LogP contribution < -0.4 is 4.90 Å². The second-order valence-electron chi connectivity index (χ2n) is 5.29. The summed E-state index contributed by atoms with van der Waals surface area (Å²) in [5.74, 6) is -1.43. The molecule has 0 aliphatic carbocycles. The number of benzene rings is 2. The Balaban J connectivity index is 1.98. The van der Waals surface area contributed by atoms with Crippen LogP contribution in [0.2, 0.25) is 5.02 Å². The van der Waals surface area contributed by atoms with E-state index in [0.717, 1.165) is 4.90 Å². The van der Waals surface area contributed by atoms with E-state index < -0.39 is 17.8 Å². The van der Waals surface area contributed by atoms with Gasteiger partial charge >= 0.3 is 5.97 Å². The normalized spacial score (nSPS) is 13.2. The average molecular weight is 344 g/mol. The van der Waals surface area contributed by atoms with Gasteiger partial charge in [-0.3, -0.25) is 9.59 Å². The third-order valence-electron chi connectivity index (χ3n) is 3.66. The molecule has 1 heterocycles. The maximum atomic E-state index is 12.5. The number of nitrogens with zero attached hydrogens (tertiary/aromatic N) is 1. The van der Waals surface area contributed by atoms with Gasteiger partial charge in [-0.25, -0.2) is 9.69 Å². The summed E-state index contributed by atoms with van der Waals surface area (Å²) in [6.45, 7) is 2.15. The molecular weight excluding hydrogens is 330 g/mol. The van der Waals surface area contributed by atoms with Crippen LogP contribution in [0.4, 0.5) is 5.69 Å². The Labute approximate surface area is 143 Å². The molecule has 0 saturated heterocycles. The number of halogens is 1. The summed E-state index contributed by atoms with van der Waals surface area (Å²) in [5.41, 5.74) is 1.09. The first-order valence-corrected chi connectivity index (χ1v) is 7.87. The monoisotopic (exact) mass is 343 g/mol.